The molecule has 1 aliphatic heterocycles. The van der Waals surface area contributed by atoms with Crippen LogP contribution in [0.3, 0.4) is 0 Å². The maximum Gasteiger partial charge on any atom is 0.416 e. The lowest BCUT2D eigenvalue weighted by molar-refractivity contribution is -0.143. The Hall–Kier alpha value is -3.51. The number of carbonyl (C=O) groups is 2. The number of fused-ring (bicyclic) bond motifs is 1. The molecule has 1 aromatic heterocycles. The quantitative estimate of drug-likeness (QED) is 0.486. The molecule has 0 radical (unpaired) electrons. The Bertz CT molecular complexity index is 1100. The van der Waals surface area contributed by atoms with Crippen molar-refractivity contribution in [3.8, 4) is 5.88 Å². The number of anilines is 1. The van der Waals surface area contributed by atoms with Crippen LogP contribution in [0.2, 0.25) is 0 Å². The third-order valence-electron chi connectivity index (χ3n) is 5.85. The van der Waals surface area contributed by atoms with E-state index in [0.29, 0.717) is 18.6 Å². The summed E-state index contributed by atoms with van der Waals surface area (Å²) in [5.74, 6) is -0.461. The van der Waals surface area contributed by atoms with E-state index in [1.54, 1.807) is 6.92 Å². The molecule has 0 saturated carbocycles. The van der Waals surface area contributed by atoms with E-state index in [1.807, 2.05) is 0 Å². The van der Waals surface area contributed by atoms with Gasteiger partial charge in [-0.1, -0.05) is 6.92 Å². The van der Waals surface area contributed by atoms with Gasteiger partial charge in [-0.15, -0.1) is 0 Å². The Balaban J connectivity index is 1.83. The number of alkyl halides is 6. The average Bonchev–Trinajstić information content (AvgIpc) is 2.80. The predicted molar refractivity (Wildman–Crippen MR) is 116 cm³/mol. The minimum Gasteiger partial charge on any atom is -0.481 e. The first kappa shape index (κ1) is 27.1. The molecule has 1 aliphatic rings. The molecule has 7 nitrogen and oxygen atoms in total. The largest absolute Gasteiger partial charge is 0.481 e. The van der Waals surface area contributed by atoms with Gasteiger partial charge in [0.25, 0.3) is 0 Å². The first-order chi connectivity index (χ1) is 16.7. The van der Waals surface area contributed by atoms with E-state index in [9.17, 15) is 41.0 Å². The second-order valence-electron chi connectivity index (χ2n) is 8.24. The zero-order valence-corrected chi connectivity index (χ0v) is 19.2. The molecule has 0 spiro atoms. The van der Waals surface area contributed by atoms with E-state index in [-0.39, 0.29) is 41.7 Å². The number of aryl methyl sites for hydroxylation is 1. The Morgan fingerprint density at radius 2 is 1.72 bits per heavy atom. The first-order valence-electron chi connectivity index (χ1n) is 10.9. The highest BCUT2D eigenvalue weighted by Gasteiger charge is 2.38. The molecule has 13 heteroatoms. The van der Waals surface area contributed by atoms with E-state index in [0.717, 1.165) is 4.90 Å². The molecule has 0 unspecified atom stereocenters. The maximum absolute atomic E-state index is 13.1. The summed E-state index contributed by atoms with van der Waals surface area (Å²) in [4.78, 5) is 29.9. The lowest BCUT2D eigenvalue weighted by atomic mass is 9.93. The molecule has 2 atom stereocenters. The number of benzene rings is 1. The van der Waals surface area contributed by atoms with E-state index < -0.39 is 54.0 Å². The molecule has 3 rings (SSSR count). The summed E-state index contributed by atoms with van der Waals surface area (Å²) >= 11 is 0. The molecule has 196 valence electrons. The lowest BCUT2D eigenvalue weighted by Crippen LogP contribution is -2.47. The van der Waals surface area contributed by atoms with Gasteiger partial charge in [0.05, 0.1) is 35.7 Å². The molecule has 2 heterocycles. The molecule has 0 bridgehead atoms. The Morgan fingerprint density at radius 3 is 2.22 bits per heavy atom. The van der Waals surface area contributed by atoms with Crippen molar-refractivity contribution in [2.24, 2.45) is 0 Å². The third-order valence-corrected chi connectivity index (χ3v) is 5.85. The van der Waals surface area contributed by atoms with Crippen LogP contribution in [-0.2, 0) is 23.6 Å². The van der Waals surface area contributed by atoms with Crippen LogP contribution < -0.4 is 15.0 Å². The van der Waals surface area contributed by atoms with Crippen LogP contribution >= 0.6 is 0 Å². The lowest BCUT2D eigenvalue weighted by Gasteiger charge is -2.38. The van der Waals surface area contributed by atoms with Gasteiger partial charge in [0.2, 0.25) is 11.8 Å². The fourth-order valence-electron chi connectivity index (χ4n) is 4.13. The van der Waals surface area contributed by atoms with Gasteiger partial charge in [0, 0.05) is 18.5 Å². The van der Waals surface area contributed by atoms with Crippen LogP contribution in [0.25, 0.3) is 0 Å². The van der Waals surface area contributed by atoms with Gasteiger partial charge in [-0.2, -0.15) is 26.3 Å². The maximum atomic E-state index is 13.1. The molecular weight excluding hydrogens is 496 g/mol. The number of hydrogen-bond acceptors (Lipinski definition) is 4. The van der Waals surface area contributed by atoms with Crippen molar-refractivity contribution in [2.45, 2.75) is 57.0 Å². The highest BCUT2D eigenvalue weighted by molar-refractivity contribution is 5.89. The number of carboxylic acid groups (broad SMARTS) is 1. The Morgan fingerprint density at radius 1 is 1.11 bits per heavy atom. The van der Waals surface area contributed by atoms with Gasteiger partial charge in [-0.05, 0) is 49.1 Å². The normalized spacial score (nSPS) is 17.9. The Labute approximate surface area is 202 Å². The molecular formula is C23H23F6N3O4. The number of nitrogens with one attached hydrogen (secondary N) is 1. The fraction of sp³-hybridized carbons (Fsp3) is 0.435. The van der Waals surface area contributed by atoms with Crippen molar-refractivity contribution in [3.63, 3.8) is 0 Å². The minimum atomic E-state index is -4.99. The molecule has 0 aliphatic carbocycles. The van der Waals surface area contributed by atoms with E-state index >= 15 is 0 Å². The molecule has 2 amide bonds. The van der Waals surface area contributed by atoms with Crippen molar-refractivity contribution in [1.29, 1.82) is 0 Å². The van der Waals surface area contributed by atoms with Gasteiger partial charge < -0.3 is 15.2 Å². The molecule has 0 saturated heterocycles. The van der Waals surface area contributed by atoms with Gasteiger partial charge in [-0.3, -0.25) is 9.69 Å². The number of rotatable bonds is 6. The number of ether oxygens (including phenoxy) is 1. The first-order valence-corrected chi connectivity index (χ1v) is 10.9. The van der Waals surface area contributed by atoms with Crippen LogP contribution in [-0.4, -0.2) is 35.2 Å². The van der Waals surface area contributed by atoms with Crippen molar-refractivity contribution in [1.82, 2.24) is 10.3 Å². The number of pyridine rings is 1. The highest BCUT2D eigenvalue weighted by atomic mass is 19.4. The number of halogens is 6. The van der Waals surface area contributed by atoms with Gasteiger partial charge in [0.1, 0.15) is 0 Å². The zero-order chi connectivity index (χ0) is 26.8. The van der Waals surface area contributed by atoms with Crippen LogP contribution in [0.15, 0.2) is 30.3 Å². The second-order valence-corrected chi connectivity index (χ2v) is 8.24. The minimum absolute atomic E-state index is 0.0284. The molecule has 36 heavy (non-hydrogen) atoms. The molecule has 2 aromatic rings. The average molecular weight is 519 g/mol. The summed E-state index contributed by atoms with van der Waals surface area (Å²) in [5.41, 5.74) is -2.72. The summed E-state index contributed by atoms with van der Waals surface area (Å²) in [7, 11) is 1.36. The van der Waals surface area contributed by atoms with Crippen LogP contribution in [0.5, 0.6) is 5.88 Å². The number of nitrogens with zero attached hydrogens (tertiary/aromatic N) is 2. The highest BCUT2D eigenvalue weighted by Crippen LogP contribution is 2.39. The van der Waals surface area contributed by atoms with Crippen molar-refractivity contribution < 1.29 is 45.8 Å². The van der Waals surface area contributed by atoms with Crippen molar-refractivity contribution in [2.75, 3.05) is 12.0 Å². The summed E-state index contributed by atoms with van der Waals surface area (Å²) in [6, 6.07) is 2.94. The van der Waals surface area contributed by atoms with Crippen molar-refractivity contribution in [3.05, 3.63) is 52.7 Å². The molecule has 0 fully saturated rings. The third kappa shape index (κ3) is 6.00. The van der Waals surface area contributed by atoms with Crippen LogP contribution in [0.1, 0.15) is 54.6 Å². The number of aromatic nitrogens is 1. The zero-order valence-electron chi connectivity index (χ0n) is 19.2. The summed E-state index contributed by atoms with van der Waals surface area (Å²) in [6.07, 6.45) is -11.3. The second kappa shape index (κ2) is 10.2. The van der Waals surface area contributed by atoms with Crippen molar-refractivity contribution >= 4 is 17.7 Å². The summed E-state index contributed by atoms with van der Waals surface area (Å²) < 4.78 is 83.7. The smallest absolute Gasteiger partial charge is 0.416 e. The van der Waals surface area contributed by atoms with E-state index in [1.165, 1.54) is 19.2 Å². The topological polar surface area (TPSA) is 91.8 Å². The van der Waals surface area contributed by atoms with Gasteiger partial charge in [0.15, 0.2) is 0 Å². The Kier molecular flexibility index (Phi) is 7.70. The summed E-state index contributed by atoms with van der Waals surface area (Å²) in [6.45, 7) is 1.77. The SMILES string of the molecule is CC[C@@H]1C[C@H](NC(=O)CCc2cc(C(F)(F)F)cc(C(F)(F)F)c2)c2nc(OC)ccc2N1C(=O)O. The molecule has 2 N–H and O–H groups in total. The monoisotopic (exact) mass is 519 g/mol. The summed E-state index contributed by atoms with van der Waals surface area (Å²) in [5, 5.41) is 12.4. The van der Waals surface area contributed by atoms with E-state index in [2.05, 4.69) is 10.3 Å². The van der Waals surface area contributed by atoms with Gasteiger partial charge >= 0.3 is 18.4 Å². The standard InChI is InChI=1S/C23H23F6N3O4/c1-3-15-11-16(20-17(32(15)21(34)35)5-7-19(31-20)36-2)30-18(33)6-4-12-8-13(22(24,25)26)10-14(9-12)23(27,28)29/h5,7-10,15-16H,3-4,6,11H2,1-2H3,(H,30,33)(H,34,35)/t15-,16+/m1/s1. The predicted octanol–water partition coefficient (Wildman–Crippen LogP) is 5.58. The van der Waals surface area contributed by atoms with Crippen LogP contribution in [0, 0.1) is 0 Å². The number of hydrogen-bond donors (Lipinski definition) is 2. The fourth-order valence-corrected chi connectivity index (χ4v) is 4.13. The molecule has 1 aromatic carbocycles. The van der Waals surface area contributed by atoms with Gasteiger partial charge in [-0.25, -0.2) is 9.78 Å². The van der Waals surface area contributed by atoms with Crippen LogP contribution in [0.4, 0.5) is 36.8 Å². The number of amides is 2. The number of carbonyl (C=O) groups excluding carboxylic acids is 1. The van der Waals surface area contributed by atoms with E-state index in [4.69, 9.17) is 4.74 Å². The number of methoxy groups -OCH3 is 1.